The summed E-state index contributed by atoms with van der Waals surface area (Å²) in [7, 11) is -0.322. The zero-order chi connectivity index (χ0) is 28.9. The smallest absolute Gasteiger partial charge is 0.444 e. The maximum atomic E-state index is 14.1. The van der Waals surface area contributed by atoms with Crippen LogP contribution in [0.1, 0.15) is 102 Å². The van der Waals surface area contributed by atoms with Crippen LogP contribution in [0.3, 0.4) is 0 Å². The summed E-state index contributed by atoms with van der Waals surface area (Å²) >= 11 is 0. The molecule has 2 aliphatic heterocycles. The maximum Gasteiger partial charge on any atom is 0.457 e. The van der Waals surface area contributed by atoms with E-state index < -0.39 is 27.9 Å². The summed E-state index contributed by atoms with van der Waals surface area (Å²) in [5.41, 5.74) is -3.01. The van der Waals surface area contributed by atoms with E-state index >= 15 is 0 Å². The first-order valence-corrected chi connectivity index (χ1v) is 14.2. The van der Waals surface area contributed by atoms with Crippen LogP contribution in [0.25, 0.3) is 0 Å². The third kappa shape index (κ3) is 6.32. The Morgan fingerprint density at radius 3 is 2.11 bits per heavy atom. The lowest BCUT2D eigenvalue weighted by atomic mass is 9.73. The highest BCUT2D eigenvalue weighted by molar-refractivity contribution is 6.45. The number of carbonyl (C=O) groups is 3. The number of ether oxygens (including phenoxy) is 1. The molecule has 3 fully saturated rings. The van der Waals surface area contributed by atoms with Crippen LogP contribution < -0.4 is 10.6 Å². The van der Waals surface area contributed by atoms with E-state index in [-0.39, 0.29) is 42.9 Å². The highest BCUT2D eigenvalue weighted by Gasteiger charge is 2.64. The molecule has 2 heterocycles. The summed E-state index contributed by atoms with van der Waals surface area (Å²) in [4.78, 5) is 41.6. The molecule has 4 atom stereocenters. The van der Waals surface area contributed by atoms with Gasteiger partial charge in [-0.1, -0.05) is 6.42 Å². The predicted octanol–water partition coefficient (Wildman–Crippen LogP) is 4.29. The number of hydrogen-bond acceptors (Lipinski definition) is 6. The van der Waals surface area contributed by atoms with Crippen LogP contribution in [0.5, 0.6) is 0 Å². The van der Waals surface area contributed by atoms with Crippen LogP contribution in [0.4, 0.5) is 4.79 Å². The first kappa shape index (κ1) is 30.7. The summed E-state index contributed by atoms with van der Waals surface area (Å²) in [6, 6.07) is -0.190. The highest BCUT2D eigenvalue weighted by atomic mass is 16.7. The van der Waals surface area contributed by atoms with Crippen LogP contribution in [-0.4, -0.2) is 70.4 Å². The summed E-state index contributed by atoms with van der Waals surface area (Å²) in [5.74, 6) is -0.791. The van der Waals surface area contributed by atoms with E-state index in [9.17, 15) is 14.4 Å². The van der Waals surface area contributed by atoms with Gasteiger partial charge in [0.05, 0.1) is 11.2 Å². The molecule has 0 aromatic rings. The number of likely N-dealkylation sites (tertiary alicyclic amines) is 1. The minimum Gasteiger partial charge on any atom is -0.444 e. The molecule has 0 bridgehead atoms. The molecule has 1 aliphatic carbocycles. The number of amides is 3. The number of hydrogen-bond donors (Lipinski definition) is 2. The van der Waals surface area contributed by atoms with Gasteiger partial charge < -0.3 is 29.6 Å². The number of nitrogens with zero attached hydrogens (tertiary/aromatic N) is 1. The van der Waals surface area contributed by atoms with Gasteiger partial charge in [-0.15, -0.1) is 0 Å². The minimum absolute atomic E-state index is 0.156. The average Bonchev–Trinajstić information content (AvgIpc) is 3.29. The molecule has 2 N–H and O–H groups in total. The van der Waals surface area contributed by atoms with Gasteiger partial charge in [0.2, 0.25) is 11.8 Å². The summed E-state index contributed by atoms with van der Waals surface area (Å²) in [5, 5.41) is 6.27. The van der Waals surface area contributed by atoms with Gasteiger partial charge >= 0.3 is 13.2 Å². The van der Waals surface area contributed by atoms with Gasteiger partial charge in [-0.05, 0) is 101 Å². The van der Waals surface area contributed by atoms with Gasteiger partial charge in [-0.3, -0.25) is 9.59 Å². The second-order valence-electron chi connectivity index (χ2n) is 14.4. The van der Waals surface area contributed by atoms with Crippen LogP contribution in [0.15, 0.2) is 0 Å². The standard InChI is InChI=1S/C28H50BN3O6/c1-18(33)30-28(22(34)31-24(2,3)4)19(13-12-15-29-37-26(8,9)27(10,11)38-29)17-21-20(28)14-16-32(21)23(35)36-25(5,6)7/h19-21H,12-17H2,1-11H3,(H,30,33)(H,31,34)/t19-,20-,21-,28-/m1/s1. The van der Waals surface area contributed by atoms with Crippen LogP contribution in [0, 0.1) is 11.8 Å². The van der Waals surface area contributed by atoms with E-state index in [0.717, 1.165) is 6.42 Å². The van der Waals surface area contributed by atoms with E-state index in [2.05, 4.69) is 10.6 Å². The molecule has 3 rings (SSSR count). The normalized spacial score (nSPS) is 30.2. The van der Waals surface area contributed by atoms with E-state index in [1.165, 1.54) is 6.92 Å². The lowest BCUT2D eigenvalue weighted by Crippen LogP contribution is -2.66. The molecule has 2 saturated heterocycles. The zero-order valence-corrected chi connectivity index (χ0v) is 25.4. The Morgan fingerprint density at radius 2 is 1.61 bits per heavy atom. The lowest BCUT2D eigenvalue weighted by Gasteiger charge is -2.41. The quantitative estimate of drug-likeness (QED) is 0.492. The van der Waals surface area contributed by atoms with E-state index in [1.807, 2.05) is 69.2 Å². The number of nitrogens with one attached hydrogen (secondary N) is 2. The van der Waals surface area contributed by atoms with E-state index in [0.29, 0.717) is 32.1 Å². The Morgan fingerprint density at radius 1 is 1.03 bits per heavy atom. The van der Waals surface area contributed by atoms with Gasteiger partial charge in [0.1, 0.15) is 11.1 Å². The molecule has 0 aromatic carbocycles. The predicted molar refractivity (Wildman–Crippen MR) is 148 cm³/mol. The number of rotatable bonds is 6. The largest absolute Gasteiger partial charge is 0.457 e. The average molecular weight is 536 g/mol. The van der Waals surface area contributed by atoms with Gasteiger partial charge in [0.25, 0.3) is 0 Å². The van der Waals surface area contributed by atoms with E-state index in [4.69, 9.17) is 14.0 Å². The Labute approximate surface area is 229 Å². The topological polar surface area (TPSA) is 106 Å². The van der Waals surface area contributed by atoms with Crippen molar-refractivity contribution >= 4 is 25.0 Å². The molecule has 3 aliphatic rings. The first-order valence-electron chi connectivity index (χ1n) is 14.2. The van der Waals surface area contributed by atoms with Crippen molar-refractivity contribution in [1.82, 2.24) is 15.5 Å². The molecule has 216 valence electrons. The molecule has 9 nitrogen and oxygen atoms in total. The van der Waals surface area contributed by atoms with Gasteiger partial charge in [-0.25, -0.2) is 4.79 Å². The van der Waals surface area contributed by atoms with Gasteiger partial charge in [-0.2, -0.15) is 0 Å². The molecular weight excluding hydrogens is 485 g/mol. The Bertz CT molecular complexity index is 909. The molecule has 38 heavy (non-hydrogen) atoms. The van der Waals surface area contributed by atoms with Crippen molar-refractivity contribution in [3.8, 4) is 0 Å². The van der Waals surface area contributed by atoms with Crippen molar-refractivity contribution in [1.29, 1.82) is 0 Å². The monoisotopic (exact) mass is 535 g/mol. The Kier molecular flexibility index (Phi) is 8.33. The molecule has 10 heteroatoms. The fourth-order valence-corrected chi connectivity index (χ4v) is 6.30. The maximum absolute atomic E-state index is 14.1. The molecule has 0 unspecified atom stereocenters. The van der Waals surface area contributed by atoms with E-state index in [1.54, 1.807) is 4.90 Å². The van der Waals surface area contributed by atoms with Crippen molar-refractivity contribution in [2.75, 3.05) is 6.54 Å². The number of fused-ring (bicyclic) bond motifs is 1. The van der Waals surface area contributed by atoms with Crippen LogP contribution >= 0.6 is 0 Å². The third-order valence-electron chi connectivity index (χ3n) is 8.47. The second kappa shape index (κ2) is 10.3. The van der Waals surface area contributed by atoms with Crippen LogP contribution in [0.2, 0.25) is 6.32 Å². The fraction of sp³-hybridized carbons (Fsp3) is 0.893. The molecule has 0 radical (unpaired) electrons. The first-order chi connectivity index (χ1) is 17.2. The summed E-state index contributed by atoms with van der Waals surface area (Å²) in [6.07, 6.45) is 3.01. The summed E-state index contributed by atoms with van der Waals surface area (Å²) in [6.45, 7) is 21.5. The van der Waals surface area contributed by atoms with Crippen molar-refractivity contribution in [3.05, 3.63) is 0 Å². The zero-order valence-electron chi connectivity index (χ0n) is 25.4. The highest BCUT2D eigenvalue weighted by Crippen LogP contribution is 2.51. The molecule has 3 amide bonds. The summed E-state index contributed by atoms with van der Waals surface area (Å²) < 4.78 is 18.1. The number of carbonyl (C=O) groups excluding carboxylic acids is 3. The van der Waals surface area contributed by atoms with Crippen LogP contribution in [-0.2, 0) is 23.6 Å². The SMILES string of the molecule is CC(=O)N[C@]1(C(=O)NC(C)(C)C)[C@H](CCCB2OC(C)(C)C(C)(C)O2)C[C@@H]2[C@H]1CCN2C(=O)OC(C)(C)C. The van der Waals surface area contributed by atoms with Crippen molar-refractivity contribution in [2.45, 2.75) is 142 Å². The third-order valence-corrected chi connectivity index (χ3v) is 8.47. The van der Waals surface area contributed by atoms with Crippen molar-refractivity contribution in [2.24, 2.45) is 11.8 Å². The Balaban J connectivity index is 1.87. The molecule has 1 saturated carbocycles. The Hall–Kier alpha value is -1.81. The molecule has 0 aromatic heterocycles. The van der Waals surface area contributed by atoms with Gasteiger partial charge in [0, 0.05) is 31.0 Å². The second-order valence-corrected chi connectivity index (χ2v) is 14.4. The fourth-order valence-electron chi connectivity index (χ4n) is 6.30. The minimum atomic E-state index is -1.11. The molecular formula is C28H50BN3O6. The van der Waals surface area contributed by atoms with Crippen molar-refractivity contribution < 1.29 is 28.4 Å². The van der Waals surface area contributed by atoms with Crippen molar-refractivity contribution in [3.63, 3.8) is 0 Å². The van der Waals surface area contributed by atoms with Gasteiger partial charge in [0.15, 0.2) is 0 Å². The molecule has 0 spiro atoms. The lowest BCUT2D eigenvalue weighted by molar-refractivity contribution is -0.138.